The smallest absolute Gasteiger partial charge is 0.311 e. The monoisotopic (exact) mass is 888 g/mol. The summed E-state index contributed by atoms with van der Waals surface area (Å²) in [6.45, 7) is 19.2. The lowest BCUT2D eigenvalue weighted by Crippen LogP contribution is -2.61. The zero-order valence-electron chi connectivity index (χ0n) is 40.4. The molecule has 0 unspecified atom stereocenters. The highest BCUT2D eigenvalue weighted by molar-refractivity contribution is 5.79. The van der Waals surface area contributed by atoms with Gasteiger partial charge in [-0.3, -0.25) is 9.59 Å². The molecule has 1 aliphatic carbocycles. The molecule has 0 bridgehead atoms. The molecule has 4 fully saturated rings. The van der Waals surface area contributed by atoms with Gasteiger partial charge in [0.25, 0.3) is 0 Å². The van der Waals surface area contributed by atoms with Crippen LogP contribution in [0.1, 0.15) is 121 Å². The number of carbonyl (C=O) groups is 2. The van der Waals surface area contributed by atoms with Crippen molar-refractivity contribution in [2.45, 2.75) is 211 Å². The van der Waals surface area contributed by atoms with E-state index in [2.05, 4.69) is 10.2 Å². The van der Waals surface area contributed by atoms with E-state index in [1.165, 1.54) is 14.0 Å². The largest absolute Gasteiger partial charge is 0.459 e. The number of carbonyl (C=O) groups excluding carboxylic acids is 2. The molecule has 0 aromatic heterocycles. The van der Waals surface area contributed by atoms with E-state index in [0.29, 0.717) is 32.5 Å². The van der Waals surface area contributed by atoms with Gasteiger partial charge in [-0.1, -0.05) is 27.2 Å². The predicted octanol–water partition coefficient (Wildman–Crippen LogP) is 3.23. The van der Waals surface area contributed by atoms with Gasteiger partial charge in [0, 0.05) is 57.1 Å². The van der Waals surface area contributed by atoms with Gasteiger partial charge in [0.05, 0.1) is 41.5 Å². The average Bonchev–Trinajstić information content (AvgIpc) is 3.17. The predicted molar refractivity (Wildman–Crippen MR) is 233 cm³/mol. The van der Waals surface area contributed by atoms with Gasteiger partial charge in [0.1, 0.15) is 30.0 Å². The number of nitrogens with zero attached hydrogens (tertiary/aromatic N) is 2. The molecule has 5 N–H and O–H groups in total. The fourth-order valence-corrected chi connectivity index (χ4v) is 10.2. The van der Waals surface area contributed by atoms with E-state index in [9.17, 15) is 30.0 Å². The van der Waals surface area contributed by atoms with Crippen molar-refractivity contribution in [3.63, 3.8) is 0 Å². The number of nitrogens with one attached hydrogen (secondary N) is 1. The minimum absolute atomic E-state index is 0.0896. The van der Waals surface area contributed by atoms with Crippen LogP contribution < -0.4 is 5.32 Å². The van der Waals surface area contributed by atoms with Crippen LogP contribution in [0.3, 0.4) is 0 Å². The minimum atomic E-state index is -1.81. The third kappa shape index (κ3) is 12.7. The molecule has 4 aliphatic rings. The van der Waals surface area contributed by atoms with Gasteiger partial charge in [-0.25, -0.2) is 0 Å². The maximum atomic E-state index is 14.5. The third-order valence-corrected chi connectivity index (χ3v) is 14.6. The molecule has 1 amide bonds. The molecule has 18 atom stereocenters. The number of methoxy groups -OCH3 is 1. The van der Waals surface area contributed by atoms with Gasteiger partial charge < -0.3 is 68.7 Å². The Hall–Kier alpha value is -1.54. The van der Waals surface area contributed by atoms with Crippen LogP contribution >= 0.6 is 0 Å². The van der Waals surface area contributed by atoms with Gasteiger partial charge >= 0.3 is 5.97 Å². The number of amides is 1. The highest BCUT2D eigenvalue weighted by Crippen LogP contribution is 2.40. The van der Waals surface area contributed by atoms with Crippen LogP contribution in [0.4, 0.5) is 0 Å². The SMILES string of the molecule is CC[C@H]1OC(=O)[C@H](C)[C@@H](O[C@H]2C[C@@](C)(OC)[C@@H](O)[C@H](C)O2)[C@H](C)[C@@H](O[C@@H]2O[C@H](C)C[C@H](N(C)C)[C@H]2OCCCNC(=O)C2CCC2)[C@](C)(O)C[C@@H](C)CN(C)[C@H](C)[C@@H](O)[C@]1(C)O. The first-order valence-electron chi connectivity index (χ1n) is 23.3. The van der Waals surface area contributed by atoms with Crippen LogP contribution in [0.5, 0.6) is 0 Å². The molecule has 0 aromatic rings. The average molecular weight is 888 g/mol. The zero-order chi connectivity index (χ0) is 46.5. The standard InChI is InChI=1S/C46H85N3O13/c1-15-34-46(10,55)38(50)30(6)49(13)25-26(2)23-44(8,54)40(28(4)36(29(5)42(53)60-34)61-35-24-45(9,56-14)39(51)31(7)59-35)62-43-37(33(48(11)12)22-27(3)58-43)57-21-17-20-47-41(52)32-18-16-19-32/h26-40,43,50-51,54-55H,15-25H2,1-14H3,(H,47,52)/t26-,27-,28+,29-,30-,31+,33+,34-,35+,36+,37-,38-,39+,40-,43+,44-,45-,46-/m1/s1. The fraction of sp³-hybridized carbons (Fsp3) is 0.957. The second-order valence-corrected chi connectivity index (χ2v) is 20.3. The Morgan fingerprint density at radius 1 is 0.968 bits per heavy atom. The highest BCUT2D eigenvalue weighted by Gasteiger charge is 2.53. The van der Waals surface area contributed by atoms with E-state index in [-0.39, 0.29) is 49.2 Å². The number of hydrogen-bond donors (Lipinski definition) is 5. The number of aliphatic hydroxyl groups excluding tert-OH is 2. The maximum Gasteiger partial charge on any atom is 0.311 e. The molecule has 3 saturated heterocycles. The first kappa shape index (κ1) is 53.1. The number of aliphatic hydroxyl groups is 4. The molecule has 0 radical (unpaired) electrons. The number of ether oxygens (including phenoxy) is 7. The van der Waals surface area contributed by atoms with Crippen molar-refractivity contribution in [2.75, 3.05) is 47.9 Å². The summed E-state index contributed by atoms with van der Waals surface area (Å²) >= 11 is 0. The number of rotatable bonds is 13. The molecule has 3 heterocycles. The van der Waals surface area contributed by atoms with E-state index in [0.717, 1.165) is 19.3 Å². The van der Waals surface area contributed by atoms with E-state index in [1.807, 2.05) is 53.7 Å². The Morgan fingerprint density at radius 3 is 2.21 bits per heavy atom. The molecule has 0 spiro atoms. The topological polar surface area (TPSA) is 198 Å². The molecule has 4 rings (SSSR count). The molecule has 0 aromatic carbocycles. The van der Waals surface area contributed by atoms with Crippen LogP contribution in [0.2, 0.25) is 0 Å². The van der Waals surface area contributed by atoms with Gasteiger partial charge in [0.15, 0.2) is 12.6 Å². The lowest BCUT2D eigenvalue weighted by Gasteiger charge is -2.49. The van der Waals surface area contributed by atoms with Crippen molar-refractivity contribution in [3.05, 3.63) is 0 Å². The van der Waals surface area contributed by atoms with Crippen molar-refractivity contribution in [1.29, 1.82) is 0 Å². The zero-order valence-corrected chi connectivity index (χ0v) is 40.4. The minimum Gasteiger partial charge on any atom is -0.459 e. The van der Waals surface area contributed by atoms with Gasteiger partial charge in [-0.2, -0.15) is 0 Å². The molecular formula is C46H85N3O13. The van der Waals surface area contributed by atoms with Crippen molar-refractivity contribution in [1.82, 2.24) is 15.1 Å². The fourth-order valence-electron chi connectivity index (χ4n) is 10.2. The van der Waals surface area contributed by atoms with Crippen LogP contribution in [0, 0.1) is 23.7 Å². The number of hydrogen-bond acceptors (Lipinski definition) is 15. The maximum absolute atomic E-state index is 14.5. The Labute approximate surface area is 372 Å². The van der Waals surface area contributed by atoms with Crippen LogP contribution in [-0.2, 0) is 42.7 Å². The summed E-state index contributed by atoms with van der Waals surface area (Å²) in [5.74, 6) is -2.40. The molecule has 3 aliphatic heterocycles. The lowest BCUT2D eigenvalue weighted by atomic mass is 9.77. The molecule has 362 valence electrons. The summed E-state index contributed by atoms with van der Waals surface area (Å²) in [5.41, 5.74) is -4.40. The van der Waals surface area contributed by atoms with Crippen LogP contribution in [0.25, 0.3) is 0 Å². The Balaban J connectivity index is 1.77. The Morgan fingerprint density at radius 2 is 1.63 bits per heavy atom. The second-order valence-electron chi connectivity index (χ2n) is 20.3. The lowest BCUT2D eigenvalue weighted by molar-refractivity contribution is -0.321. The van der Waals surface area contributed by atoms with Crippen molar-refractivity contribution in [2.24, 2.45) is 23.7 Å². The summed E-state index contributed by atoms with van der Waals surface area (Å²) in [7, 11) is 7.36. The summed E-state index contributed by atoms with van der Waals surface area (Å²) in [6, 6.07) is -0.665. The highest BCUT2D eigenvalue weighted by atomic mass is 16.7. The quantitative estimate of drug-likeness (QED) is 0.133. The Kier molecular flexibility index (Phi) is 19.1. The molecule has 62 heavy (non-hydrogen) atoms. The summed E-state index contributed by atoms with van der Waals surface area (Å²) in [6.07, 6.45) is -3.96. The van der Waals surface area contributed by atoms with E-state index in [1.54, 1.807) is 34.6 Å². The molecule has 16 nitrogen and oxygen atoms in total. The number of cyclic esters (lactones) is 1. The second kappa shape index (κ2) is 22.3. The van der Waals surface area contributed by atoms with Gasteiger partial charge in [-0.15, -0.1) is 0 Å². The van der Waals surface area contributed by atoms with Crippen molar-refractivity contribution >= 4 is 11.9 Å². The molecule has 16 heteroatoms. The van der Waals surface area contributed by atoms with Crippen LogP contribution in [0.15, 0.2) is 0 Å². The van der Waals surface area contributed by atoms with E-state index < -0.39 is 96.0 Å². The normalized spacial score (nSPS) is 44.8. The Bertz CT molecular complexity index is 1420. The first-order chi connectivity index (χ1) is 28.9. The van der Waals surface area contributed by atoms with Crippen LogP contribution in [-0.4, -0.2) is 180 Å². The number of likely N-dealkylation sites (N-methyl/N-ethyl adjacent to an activating group) is 2. The summed E-state index contributed by atoms with van der Waals surface area (Å²) in [4.78, 5) is 31.0. The van der Waals surface area contributed by atoms with E-state index in [4.69, 9.17) is 33.2 Å². The van der Waals surface area contributed by atoms with E-state index >= 15 is 0 Å². The molecule has 1 saturated carbocycles. The first-order valence-corrected chi connectivity index (χ1v) is 23.3. The van der Waals surface area contributed by atoms with Crippen molar-refractivity contribution in [3.8, 4) is 0 Å². The van der Waals surface area contributed by atoms with Gasteiger partial charge in [-0.05, 0) is 114 Å². The number of esters is 1. The summed E-state index contributed by atoms with van der Waals surface area (Å²) < 4.78 is 45.4. The summed E-state index contributed by atoms with van der Waals surface area (Å²) in [5, 5.41) is 50.5. The van der Waals surface area contributed by atoms with Crippen molar-refractivity contribution < 1.29 is 63.2 Å². The third-order valence-electron chi connectivity index (χ3n) is 14.6. The molecular weight excluding hydrogens is 803 g/mol. The van der Waals surface area contributed by atoms with Gasteiger partial charge in [0.2, 0.25) is 5.91 Å².